The normalized spacial score (nSPS) is 27.4. The number of ether oxygens (including phenoxy) is 4. The topological polar surface area (TPSA) is 71.1 Å². The fourth-order valence-corrected chi connectivity index (χ4v) is 2.82. The van der Waals surface area contributed by atoms with Gasteiger partial charge in [-0.25, -0.2) is 9.59 Å². The van der Waals surface area contributed by atoms with Gasteiger partial charge in [0.05, 0.1) is 18.8 Å². The van der Waals surface area contributed by atoms with Crippen LogP contribution in [-0.4, -0.2) is 44.2 Å². The molecule has 2 rings (SSSR count). The minimum Gasteiger partial charge on any atom is -0.466 e. The molecule has 6 heteroatoms. The molecule has 1 saturated heterocycles. The van der Waals surface area contributed by atoms with E-state index < -0.39 is 23.8 Å². The van der Waals surface area contributed by atoms with Crippen LogP contribution in [0.2, 0.25) is 0 Å². The second kappa shape index (κ2) is 7.80. The average molecular weight is 348 g/mol. The molecule has 136 valence electrons. The Balaban J connectivity index is 2.33. The summed E-state index contributed by atoms with van der Waals surface area (Å²) in [5, 5.41) is 0. The Morgan fingerprint density at radius 1 is 1.24 bits per heavy atom. The largest absolute Gasteiger partial charge is 0.466 e. The third kappa shape index (κ3) is 3.91. The van der Waals surface area contributed by atoms with Crippen molar-refractivity contribution in [1.82, 2.24) is 0 Å². The Hall–Kier alpha value is -2.18. The van der Waals surface area contributed by atoms with Crippen LogP contribution in [0.25, 0.3) is 0 Å². The van der Waals surface area contributed by atoms with Crippen LogP contribution in [0.3, 0.4) is 0 Å². The van der Waals surface area contributed by atoms with E-state index in [4.69, 9.17) is 18.9 Å². The molecule has 0 amide bonds. The average Bonchev–Trinajstić information content (AvgIpc) is 2.63. The monoisotopic (exact) mass is 348 g/mol. The van der Waals surface area contributed by atoms with E-state index in [1.54, 1.807) is 30.3 Å². The minimum atomic E-state index is -1.47. The first-order valence-electron chi connectivity index (χ1n) is 8.09. The Morgan fingerprint density at radius 2 is 1.88 bits per heavy atom. The lowest BCUT2D eigenvalue weighted by Gasteiger charge is -2.45. The summed E-state index contributed by atoms with van der Waals surface area (Å²) in [6, 6.07) is 8.39. The van der Waals surface area contributed by atoms with E-state index in [2.05, 4.69) is 6.58 Å². The maximum Gasteiger partial charge on any atom is 0.352 e. The zero-order chi connectivity index (χ0) is 18.6. The van der Waals surface area contributed by atoms with E-state index in [1.807, 2.05) is 13.8 Å². The lowest BCUT2D eigenvalue weighted by Crippen LogP contribution is -2.58. The summed E-state index contributed by atoms with van der Waals surface area (Å²) in [6.07, 6.45) is -1.41. The summed E-state index contributed by atoms with van der Waals surface area (Å²) in [5.41, 5.74) is 1.17. The summed E-state index contributed by atoms with van der Waals surface area (Å²) in [5.74, 6) is -2.79. The van der Waals surface area contributed by atoms with Crippen LogP contribution in [0, 0.1) is 5.92 Å². The first kappa shape index (κ1) is 19.1. The Kier molecular flexibility index (Phi) is 5.98. The molecule has 0 spiro atoms. The van der Waals surface area contributed by atoms with Gasteiger partial charge in [-0.2, -0.15) is 0 Å². The molecule has 0 bridgehead atoms. The van der Waals surface area contributed by atoms with Crippen LogP contribution in [0.5, 0.6) is 0 Å². The third-order valence-corrected chi connectivity index (χ3v) is 4.60. The number of rotatable bonds is 5. The van der Waals surface area contributed by atoms with Gasteiger partial charge in [0.25, 0.3) is 6.10 Å². The highest BCUT2D eigenvalue weighted by molar-refractivity contribution is 5.91. The zero-order valence-corrected chi connectivity index (χ0v) is 15.0. The summed E-state index contributed by atoms with van der Waals surface area (Å²) >= 11 is 0. The second-order valence-electron chi connectivity index (χ2n) is 6.14. The molecule has 4 atom stereocenters. The van der Waals surface area contributed by atoms with Crippen molar-refractivity contribution < 1.29 is 28.5 Å². The van der Waals surface area contributed by atoms with E-state index in [-0.39, 0.29) is 18.4 Å². The first-order valence-corrected chi connectivity index (χ1v) is 8.09. The molecule has 25 heavy (non-hydrogen) atoms. The van der Waals surface area contributed by atoms with Gasteiger partial charge in [-0.15, -0.1) is 0 Å². The number of hydrogen-bond acceptors (Lipinski definition) is 6. The minimum absolute atomic E-state index is 0.0893. The fraction of sp³-hybridized carbons (Fsp3) is 0.474. The zero-order valence-electron chi connectivity index (χ0n) is 15.0. The number of esters is 2. The van der Waals surface area contributed by atoms with Gasteiger partial charge >= 0.3 is 11.9 Å². The summed E-state index contributed by atoms with van der Waals surface area (Å²) in [7, 11) is 2.63. The predicted molar refractivity (Wildman–Crippen MR) is 90.9 cm³/mol. The lowest BCUT2D eigenvalue weighted by atomic mass is 9.85. The molecular weight excluding hydrogens is 324 g/mol. The maximum atomic E-state index is 12.4. The molecule has 1 aromatic carbocycles. The van der Waals surface area contributed by atoms with Crippen molar-refractivity contribution in [1.29, 1.82) is 0 Å². The molecule has 0 aromatic heterocycles. The molecule has 0 N–H and O–H groups in total. The lowest BCUT2D eigenvalue weighted by molar-refractivity contribution is -0.300. The number of carbonyl (C=O) groups is 2. The number of carbonyl (C=O) groups excluding carboxylic acids is 2. The molecule has 1 aliphatic heterocycles. The highest BCUT2D eigenvalue weighted by atomic mass is 16.7. The van der Waals surface area contributed by atoms with Crippen molar-refractivity contribution >= 4 is 11.9 Å². The van der Waals surface area contributed by atoms with Crippen LogP contribution in [0.1, 0.15) is 30.6 Å². The molecular formula is C19H24O6. The van der Waals surface area contributed by atoms with Gasteiger partial charge in [0.1, 0.15) is 0 Å². The van der Waals surface area contributed by atoms with Crippen molar-refractivity contribution in [3.63, 3.8) is 0 Å². The first-order chi connectivity index (χ1) is 11.8. The standard InChI is InChI=1S/C19H24O6/c1-12-11-19(23-5,25-14(3)13(12)2)16(18(21)22-4)24-17(20)15-9-7-6-8-10-15/h6-10,13-14,16H,1,11H2,2-5H3/t13-,14-,16-,19-/m0/s1. The van der Waals surface area contributed by atoms with Gasteiger partial charge in [-0.1, -0.05) is 37.3 Å². The molecule has 1 aromatic rings. The molecule has 0 aliphatic carbocycles. The molecule has 1 heterocycles. The van der Waals surface area contributed by atoms with Gasteiger partial charge in [0.15, 0.2) is 0 Å². The highest BCUT2D eigenvalue weighted by Crippen LogP contribution is 2.39. The van der Waals surface area contributed by atoms with Crippen LogP contribution >= 0.6 is 0 Å². The van der Waals surface area contributed by atoms with E-state index in [0.717, 1.165) is 5.57 Å². The van der Waals surface area contributed by atoms with Gasteiger partial charge in [0.2, 0.25) is 5.79 Å². The Bertz CT molecular complexity index is 641. The van der Waals surface area contributed by atoms with E-state index in [1.165, 1.54) is 14.2 Å². The maximum absolute atomic E-state index is 12.4. The van der Waals surface area contributed by atoms with Crippen LogP contribution < -0.4 is 0 Å². The summed E-state index contributed by atoms with van der Waals surface area (Å²) in [6.45, 7) is 7.88. The van der Waals surface area contributed by atoms with Crippen LogP contribution in [0.4, 0.5) is 0 Å². The molecule has 0 saturated carbocycles. The Labute approximate surface area is 147 Å². The Morgan fingerprint density at radius 3 is 2.40 bits per heavy atom. The smallest absolute Gasteiger partial charge is 0.352 e. The van der Waals surface area contributed by atoms with Gasteiger partial charge in [-0.05, 0) is 19.1 Å². The van der Waals surface area contributed by atoms with E-state index in [0.29, 0.717) is 5.56 Å². The third-order valence-electron chi connectivity index (χ3n) is 4.60. The summed E-state index contributed by atoms with van der Waals surface area (Å²) in [4.78, 5) is 24.8. The van der Waals surface area contributed by atoms with E-state index in [9.17, 15) is 9.59 Å². The fourth-order valence-electron chi connectivity index (χ4n) is 2.82. The van der Waals surface area contributed by atoms with Crippen molar-refractivity contribution in [2.75, 3.05) is 14.2 Å². The summed E-state index contributed by atoms with van der Waals surface area (Å²) < 4.78 is 21.8. The highest BCUT2D eigenvalue weighted by Gasteiger charge is 2.53. The van der Waals surface area contributed by atoms with Crippen molar-refractivity contribution in [2.45, 2.75) is 38.3 Å². The van der Waals surface area contributed by atoms with Crippen molar-refractivity contribution in [2.24, 2.45) is 5.92 Å². The van der Waals surface area contributed by atoms with Crippen molar-refractivity contribution in [3.05, 3.63) is 48.0 Å². The second-order valence-corrected chi connectivity index (χ2v) is 6.14. The molecule has 1 aliphatic rings. The molecule has 1 fully saturated rings. The van der Waals surface area contributed by atoms with Gasteiger partial charge in [0, 0.05) is 19.4 Å². The molecule has 6 nitrogen and oxygen atoms in total. The van der Waals surface area contributed by atoms with Crippen molar-refractivity contribution in [3.8, 4) is 0 Å². The van der Waals surface area contributed by atoms with Gasteiger partial charge in [-0.3, -0.25) is 0 Å². The predicted octanol–water partition coefficient (Wildman–Crippen LogP) is 2.73. The van der Waals surface area contributed by atoms with Crippen LogP contribution in [0.15, 0.2) is 42.5 Å². The SMILES string of the molecule is C=C1C[C@@](OC)([C@@H](OC(=O)c2ccccc2)C(=O)OC)O[C@@H](C)[C@H]1C. The number of methoxy groups -OCH3 is 2. The molecule has 0 radical (unpaired) electrons. The molecule has 0 unspecified atom stereocenters. The quantitative estimate of drug-likeness (QED) is 0.602. The van der Waals surface area contributed by atoms with Crippen LogP contribution in [-0.2, 0) is 23.7 Å². The van der Waals surface area contributed by atoms with Gasteiger partial charge < -0.3 is 18.9 Å². The number of benzene rings is 1. The van der Waals surface area contributed by atoms with E-state index >= 15 is 0 Å². The number of hydrogen-bond donors (Lipinski definition) is 0.